The van der Waals surface area contributed by atoms with Crippen LogP contribution in [-0.4, -0.2) is 50.1 Å². The van der Waals surface area contributed by atoms with Gasteiger partial charge >= 0.3 is 0 Å². The van der Waals surface area contributed by atoms with Crippen LogP contribution in [0.1, 0.15) is 44.1 Å². The van der Waals surface area contributed by atoms with Crippen LogP contribution in [0.15, 0.2) is 30.3 Å². The first-order chi connectivity index (χ1) is 11.7. The fourth-order valence-corrected chi connectivity index (χ4v) is 4.37. The van der Waals surface area contributed by atoms with Gasteiger partial charge in [0.05, 0.1) is 6.54 Å². The van der Waals surface area contributed by atoms with Gasteiger partial charge in [-0.2, -0.15) is 0 Å². The van der Waals surface area contributed by atoms with Crippen LogP contribution in [0, 0.1) is 0 Å². The van der Waals surface area contributed by atoms with Gasteiger partial charge in [0.15, 0.2) is 0 Å². The Balaban J connectivity index is 0.00000225. The average molecular weight is 366 g/mol. The lowest BCUT2D eigenvalue weighted by molar-refractivity contribution is -0.122. The number of amides is 1. The molecule has 25 heavy (non-hydrogen) atoms. The number of rotatable bonds is 6. The molecule has 0 aromatic heterocycles. The van der Waals surface area contributed by atoms with Gasteiger partial charge in [-0.3, -0.25) is 9.69 Å². The van der Waals surface area contributed by atoms with Gasteiger partial charge in [0.25, 0.3) is 0 Å². The molecule has 5 heteroatoms. The average Bonchev–Trinajstić information content (AvgIpc) is 3.11. The third-order valence-electron chi connectivity index (χ3n) is 5.85. The molecule has 1 aromatic carbocycles. The van der Waals surface area contributed by atoms with Crippen LogP contribution in [0.4, 0.5) is 0 Å². The van der Waals surface area contributed by atoms with E-state index >= 15 is 0 Å². The molecule has 2 fully saturated rings. The van der Waals surface area contributed by atoms with Gasteiger partial charge in [0.2, 0.25) is 5.91 Å². The smallest absolute Gasteiger partial charge is 0.234 e. The predicted molar refractivity (Wildman–Crippen MR) is 105 cm³/mol. The van der Waals surface area contributed by atoms with Crippen molar-refractivity contribution >= 4 is 18.3 Å². The summed E-state index contributed by atoms with van der Waals surface area (Å²) < 4.78 is 0. The zero-order chi connectivity index (χ0) is 16.8. The summed E-state index contributed by atoms with van der Waals surface area (Å²) in [5.41, 5.74) is 1.53. The molecule has 1 saturated carbocycles. The Bertz CT molecular complexity index is 531. The maximum absolute atomic E-state index is 12.5. The highest BCUT2D eigenvalue weighted by molar-refractivity contribution is 5.85. The molecule has 140 valence electrons. The largest absolute Gasteiger partial charge is 0.354 e. The lowest BCUT2D eigenvalue weighted by Crippen LogP contribution is -2.49. The molecule has 0 bridgehead atoms. The number of piperidine rings is 1. The van der Waals surface area contributed by atoms with Crippen LogP contribution >= 0.6 is 12.4 Å². The van der Waals surface area contributed by atoms with Crippen LogP contribution < -0.4 is 10.6 Å². The Morgan fingerprint density at radius 3 is 2.60 bits per heavy atom. The van der Waals surface area contributed by atoms with Crippen molar-refractivity contribution in [2.75, 3.05) is 33.2 Å². The normalized spacial score (nSPS) is 23.0. The van der Waals surface area contributed by atoms with Crippen LogP contribution in [0.5, 0.6) is 0 Å². The molecule has 4 nitrogen and oxygen atoms in total. The summed E-state index contributed by atoms with van der Waals surface area (Å²) in [4.78, 5) is 14.7. The van der Waals surface area contributed by atoms with Crippen molar-refractivity contribution in [2.45, 2.75) is 50.0 Å². The molecule has 1 aliphatic carbocycles. The van der Waals surface area contributed by atoms with Crippen molar-refractivity contribution < 1.29 is 4.79 Å². The molecule has 0 spiro atoms. The van der Waals surface area contributed by atoms with Gasteiger partial charge in [0.1, 0.15) is 0 Å². The van der Waals surface area contributed by atoms with Crippen molar-refractivity contribution in [1.29, 1.82) is 0 Å². The number of hydrogen-bond donors (Lipinski definition) is 2. The van der Waals surface area contributed by atoms with E-state index in [2.05, 4.69) is 45.9 Å². The molecule has 2 N–H and O–H groups in total. The summed E-state index contributed by atoms with van der Waals surface area (Å²) in [6.07, 6.45) is 7.28. The number of hydrogen-bond acceptors (Lipinski definition) is 3. The Morgan fingerprint density at radius 1 is 1.20 bits per heavy atom. The fraction of sp³-hybridized carbons (Fsp3) is 0.650. The van der Waals surface area contributed by atoms with E-state index < -0.39 is 0 Å². The number of carbonyl (C=O) groups excluding carboxylic acids is 1. The van der Waals surface area contributed by atoms with Crippen molar-refractivity contribution in [3.63, 3.8) is 0 Å². The third-order valence-corrected chi connectivity index (χ3v) is 5.85. The zero-order valence-corrected chi connectivity index (χ0v) is 16.1. The van der Waals surface area contributed by atoms with E-state index in [4.69, 9.17) is 0 Å². The summed E-state index contributed by atoms with van der Waals surface area (Å²) in [6, 6.07) is 11.3. The van der Waals surface area contributed by atoms with Gasteiger partial charge in [-0.1, -0.05) is 43.2 Å². The topological polar surface area (TPSA) is 44.4 Å². The van der Waals surface area contributed by atoms with Gasteiger partial charge < -0.3 is 10.6 Å². The molecule has 1 saturated heterocycles. The number of nitrogens with zero attached hydrogens (tertiary/aromatic N) is 1. The third kappa shape index (κ3) is 5.19. The SMILES string of the molecule is CNC1CCCN(CC(=O)NCC2(c3ccccc3)CCCC2)C1.Cl. The maximum Gasteiger partial charge on any atom is 0.234 e. The Kier molecular flexibility index (Phi) is 7.73. The van der Waals surface area contributed by atoms with Crippen molar-refractivity contribution in [3.05, 3.63) is 35.9 Å². The summed E-state index contributed by atoms with van der Waals surface area (Å²) >= 11 is 0. The van der Waals surface area contributed by atoms with Crippen molar-refractivity contribution in [1.82, 2.24) is 15.5 Å². The van der Waals surface area contributed by atoms with Crippen LogP contribution in [0.3, 0.4) is 0 Å². The molecule has 1 heterocycles. The standard InChI is InChI=1S/C20H31N3O.ClH/c1-21-18-10-7-13-23(14-18)15-19(24)22-16-20(11-5-6-12-20)17-8-3-2-4-9-17;/h2-4,8-9,18,21H,5-7,10-16H2,1H3,(H,22,24);1H. The van der Waals surface area contributed by atoms with Crippen molar-refractivity contribution in [3.8, 4) is 0 Å². The van der Waals surface area contributed by atoms with E-state index in [0.29, 0.717) is 12.6 Å². The number of carbonyl (C=O) groups is 1. The lowest BCUT2D eigenvalue weighted by Gasteiger charge is -2.33. The number of benzene rings is 1. The van der Waals surface area contributed by atoms with E-state index in [-0.39, 0.29) is 23.7 Å². The first-order valence-electron chi connectivity index (χ1n) is 9.44. The van der Waals surface area contributed by atoms with Crippen LogP contribution in [0.2, 0.25) is 0 Å². The second-order valence-electron chi connectivity index (χ2n) is 7.49. The van der Waals surface area contributed by atoms with E-state index in [1.165, 1.54) is 44.1 Å². The Hall–Kier alpha value is -1.10. The van der Waals surface area contributed by atoms with Gasteiger partial charge in [-0.15, -0.1) is 12.4 Å². The fourth-order valence-electron chi connectivity index (χ4n) is 4.37. The van der Waals surface area contributed by atoms with Gasteiger partial charge in [-0.25, -0.2) is 0 Å². The first-order valence-corrected chi connectivity index (χ1v) is 9.44. The predicted octanol–water partition coefficient (Wildman–Crippen LogP) is 2.72. The first kappa shape index (κ1) is 20.2. The number of likely N-dealkylation sites (tertiary alicyclic amines) is 1. The Labute approximate surface area is 158 Å². The van der Waals surface area contributed by atoms with E-state index in [0.717, 1.165) is 19.6 Å². The monoisotopic (exact) mass is 365 g/mol. The van der Waals surface area contributed by atoms with E-state index in [1.54, 1.807) is 0 Å². The minimum absolute atomic E-state index is 0. The highest BCUT2D eigenvalue weighted by atomic mass is 35.5. The van der Waals surface area contributed by atoms with Crippen molar-refractivity contribution in [2.24, 2.45) is 0 Å². The molecule has 3 rings (SSSR count). The second kappa shape index (κ2) is 9.56. The quantitative estimate of drug-likeness (QED) is 0.814. The maximum atomic E-state index is 12.5. The van der Waals surface area contributed by atoms with Gasteiger partial charge in [-0.05, 0) is 44.8 Å². The van der Waals surface area contributed by atoms with Crippen LogP contribution in [0.25, 0.3) is 0 Å². The summed E-state index contributed by atoms with van der Waals surface area (Å²) in [7, 11) is 2.01. The van der Waals surface area contributed by atoms with Crippen LogP contribution in [-0.2, 0) is 10.2 Å². The highest BCUT2D eigenvalue weighted by Gasteiger charge is 2.35. The van der Waals surface area contributed by atoms with E-state index in [9.17, 15) is 4.79 Å². The van der Waals surface area contributed by atoms with E-state index in [1.807, 2.05) is 7.05 Å². The number of nitrogens with one attached hydrogen (secondary N) is 2. The Morgan fingerprint density at radius 2 is 1.92 bits per heavy atom. The summed E-state index contributed by atoms with van der Waals surface area (Å²) in [6.45, 7) is 3.32. The van der Waals surface area contributed by atoms with Gasteiger partial charge in [0, 0.05) is 24.5 Å². The molecule has 1 atom stereocenters. The molecule has 0 radical (unpaired) electrons. The minimum Gasteiger partial charge on any atom is -0.354 e. The molecule has 1 unspecified atom stereocenters. The molecular formula is C20H32ClN3O. The minimum atomic E-state index is 0. The number of halogens is 1. The zero-order valence-electron chi connectivity index (χ0n) is 15.3. The molecule has 2 aliphatic rings. The molecular weight excluding hydrogens is 334 g/mol. The molecule has 1 aliphatic heterocycles. The summed E-state index contributed by atoms with van der Waals surface area (Å²) in [5.74, 6) is 0.175. The second-order valence-corrected chi connectivity index (χ2v) is 7.49. The highest BCUT2D eigenvalue weighted by Crippen LogP contribution is 2.40. The molecule has 1 aromatic rings. The summed E-state index contributed by atoms with van der Waals surface area (Å²) in [5, 5.41) is 6.58. The number of likely N-dealkylation sites (N-methyl/N-ethyl adjacent to an activating group) is 1. The lowest BCUT2D eigenvalue weighted by atomic mass is 9.79. The molecule has 1 amide bonds.